The first-order valence-electron chi connectivity index (χ1n) is 6.99. The highest BCUT2D eigenvalue weighted by atomic mass is 16.5. The lowest BCUT2D eigenvalue weighted by Gasteiger charge is -2.26. The van der Waals surface area contributed by atoms with Gasteiger partial charge in [0, 0.05) is 19.8 Å². The number of hydrogen-bond donors (Lipinski definition) is 1. The van der Waals surface area contributed by atoms with E-state index in [-0.39, 0.29) is 0 Å². The molecule has 4 atom stereocenters. The smallest absolute Gasteiger partial charge is 0.0462 e. The van der Waals surface area contributed by atoms with Gasteiger partial charge in [0.1, 0.15) is 0 Å². The molecule has 0 spiro atoms. The third-order valence-electron chi connectivity index (χ3n) is 4.78. The molecule has 16 heavy (non-hydrogen) atoms. The molecule has 0 radical (unpaired) electrons. The fourth-order valence-corrected chi connectivity index (χ4v) is 3.88. The Hall–Kier alpha value is -0.0800. The van der Waals surface area contributed by atoms with Crippen molar-refractivity contribution >= 4 is 0 Å². The lowest BCUT2D eigenvalue weighted by Crippen LogP contribution is -2.29. The molecule has 2 saturated carbocycles. The van der Waals surface area contributed by atoms with Crippen LogP contribution in [0.5, 0.6) is 0 Å². The van der Waals surface area contributed by atoms with E-state index < -0.39 is 0 Å². The maximum atomic E-state index is 5.13. The van der Waals surface area contributed by atoms with E-state index in [4.69, 9.17) is 4.74 Å². The minimum absolute atomic E-state index is 0.722. The largest absolute Gasteiger partial charge is 0.385 e. The van der Waals surface area contributed by atoms with E-state index in [1.165, 1.54) is 38.5 Å². The molecule has 1 N–H and O–H groups in total. The highest BCUT2D eigenvalue weighted by molar-refractivity contribution is 4.91. The van der Waals surface area contributed by atoms with Gasteiger partial charge in [-0.05, 0) is 63.3 Å². The van der Waals surface area contributed by atoms with Gasteiger partial charge in [0.15, 0.2) is 0 Å². The molecule has 2 rings (SSSR count). The van der Waals surface area contributed by atoms with E-state index in [0.717, 1.165) is 30.4 Å². The van der Waals surface area contributed by atoms with Crippen LogP contribution in [-0.2, 0) is 4.74 Å². The molecule has 0 aliphatic heterocycles. The van der Waals surface area contributed by atoms with Crippen molar-refractivity contribution in [2.75, 3.05) is 20.8 Å². The van der Waals surface area contributed by atoms with Crippen molar-refractivity contribution in [3.05, 3.63) is 0 Å². The SMILES string of the molecule is CNC(CCCOC)CC1CC2CCC1C2. The van der Waals surface area contributed by atoms with E-state index in [1.807, 2.05) is 0 Å². The van der Waals surface area contributed by atoms with Gasteiger partial charge in [-0.3, -0.25) is 0 Å². The molecule has 0 aromatic rings. The molecule has 0 heterocycles. The van der Waals surface area contributed by atoms with E-state index in [1.54, 1.807) is 13.5 Å². The molecule has 94 valence electrons. The lowest BCUT2D eigenvalue weighted by molar-refractivity contribution is 0.184. The molecule has 2 fully saturated rings. The fourth-order valence-electron chi connectivity index (χ4n) is 3.88. The van der Waals surface area contributed by atoms with Gasteiger partial charge in [-0.1, -0.05) is 6.42 Å². The number of ether oxygens (including phenoxy) is 1. The van der Waals surface area contributed by atoms with Gasteiger partial charge in [0.25, 0.3) is 0 Å². The van der Waals surface area contributed by atoms with Crippen molar-refractivity contribution in [2.24, 2.45) is 17.8 Å². The Kier molecular flexibility index (Phi) is 4.66. The van der Waals surface area contributed by atoms with Crippen LogP contribution in [0.2, 0.25) is 0 Å². The van der Waals surface area contributed by atoms with Crippen molar-refractivity contribution in [2.45, 2.75) is 51.0 Å². The first kappa shape index (κ1) is 12.4. The average molecular weight is 225 g/mol. The Morgan fingerprint density at radius 3 is 2.75 bits per heavy atom. The van der Waals surface area contributed by atoms with Gasteiger partial charge in [0.2, 0.25) is 0 Å². The number of rotatable bonds is 7. The topological polar surface area (TPSA) is 21.3 Å². The molecule has 0 aromatic heterocycles. The van der Waals surface area contributed by atoms with Crippen LogP contribution in [0.15, 0.2) is 0 Å². The van der Waals surface area contributed by atoms with Gasteiger partial charge in [-0.25, -0.2) is 0 Å². The van der Waals surface area contributed by atoms with Crippen molar-refractivity contribution in [1.29, 1.82) is 0 Å². The van der Waals surface area contributed by atoms with Crippen LogP contribution in [-0.4, -0.2) is 26.8 Å². The van der Waals surface area contributed by atoms with Crippen molar-refractivity contribution in [1.82, 2.24) is 5.32 Å². The van der Waals surface area contributed by atoms with Crippen molar-refractivity contribution in [3.8, 4) is 0 Å². The Bertz CT molecular complexity index is 207. The Morgan fingerprint density at radius 1 is 1.31 bits per heavy atom. The predicted molar refractivity (Wildman–Crippen MR) is 67.5 cm³/mol. The number of fused-ring (bicyclic) bond motifs is 2. The first-order chi connectivity index (χ1) is 7.83. The summed E-state index contributed by atoms with van der Waals surface area (Å²) < 4.78 is 5.13. The summed E-state index contributed by atoms with van der Waals surface area (Å²) in [5.74, 6) is 3.19. The second kappa shape index (κ2) is 6.02. The third kappa shape index (κ3) is 2.98. The maximum Gasteiger partial charge on any atom is 0.0462 e. The summed E-state index contributed by atoms with van der Waals surface area (Å²) in [5, 5.41) is 3.49. The van der Waals surface area contributed by atoms with Gasteiger partial charge in [-0.2, -0.15) is 0 Å². The Balaban J connectivity index is 1.70. The molecule has 2 bridgehead atoms. The molecular weight excluding hydrogens is 198 g/mol. The Morgan fingerprint density at radius 2 is 2.19 bits per heavy atom. The number of hydrogen-bond acceptors (Lipinski definition) is 2. The van der Waals surface area contributed by atoms with Crippen LogP contribution in [0.1, 0.15) is 44.9 Å². The van der Waals surface area contributed by atoms with Crippen LogP contribution in [0, 0.1) is 17.8 Å². The van der Waals surface area contributed by atoms with Gasteiger partial charge in [-0.15, -0.1) is 0 Å². The number of methoxy groups -OCH3 is 1. The first-order valence-corrected chi connectivity index (χ1v) is 6.99. The minimum Gasteiger partial charge on any atom is -0.385 e. The maximum absolute atomic E-state index is 5.13. The van der Waals surface area contributed by atoms with E-state index >= 15 is 0 Å². The van der Waals surface area contributed by atoms with Crippen LogP contribution in [0.25, 0.3) is 0 Å². The molecule has 0 aromatic carbocycles. The normalized spacial score (nSPS) is 34.5. The number of nitrogens with one attached hydrogen (secondary N) is 1. The standard InChI is InChI=1S/C14H27NO/c1-15-14(4-3-7-16-2)10-13-9-11-5-6-12(13)8-11/h11-15H,3-10H2,1-2H3. The second-order valence-electron chi connectivity index (χ2n) is 5.79. The van der Waals surface area contributed by atoms with Crippen LogP contribution in [0.4, 0.5) is 0 Å². The Labute approximate surface area is 100 Å². The van der Waals surface area contributed by atoms with E-state index in [0.29, 0.717) is 0 Å². The van der Waals surface area contributed by atoms with Gasteiger partial charge < -0.3 is 10.1 Å². The van der Waals surface area contributed by atoms with Crippen LogP contribution < -0.4 is 5.32 Å². The van der Waals surface area contributed by atoms with E-state index in [2.05, 4.69) is 12.4 Å². The molecule has 2 nitrogen and oxygen atoms in total. The van der Waals surface area contributed by atoms with Crippen molar-refractivity contribution < 1.29 is 4.74 Å². The molecule has 0 saturated heterocycles. The average Bonchev–Trinajstić information content (AvgIpc) is 2.89. The minimum atomic E-state index is 0.722. The molecule has 4 unspecified atom stereocenters. The lowest BCUT2D eigenvalue weighted by atomic mass is 9.83. The van der Waals surface area contributed by atoms with Gasteiger partial charge >= 0.3 is 0 Å². The predicted octanol–water partition coefficient (Wildman–Crippen LogP) is 2.83. The highest BCUT2D eigenvalue weighted by Gasteiger charge is 2.39. The highest BCUT2D eigenvalue weighted by Crippen LogP contribution is 2.49. The van der Waals surface area contributed by atoms with E-state index in [9.17, 15) is 0 Å². The fraction of sp³-hybridized carbons (Fsp3) is 1.00. The summed E-state index contributed by atoms with van der Waals surface area (Å²) >= 11 is 0. The zero-order valence-electron chi connectivity index (χ0n) is 10.9. The summed E-state index contributed by atoms with van der Waals surface area (Å²) in [7, 11) is 3.91. The summed E-state index contributed by atoms with van der Waals surface area (Å²) in [6.07, 6.45) is 9.98. The summed E-state index contributed by atoms with van der Waals surface area (Å²) in [6.45, 7) is 0.912. The quantitative estimate of drug-likeness (QED) is 0.673. The molecule has 0 amide bonds. The molecule has 2 aliphatic rings. The van der Waals surface area contributed by atoms with Crippen molar-refractivity contribution in [3.63, 3.8) is 0 Å². The zero-order chi connectivity index (χ0) is 11.4. The molecular formula is C14H27NO. The third-order valence-corrected chi connectivity index (χ3v) is 4.78. The summed E-state index contributed by atoms with van der Waals surface area (Å²) in [6, 6.07) is 0.722. The zero-order valence-corrected chi connectivity index (χ0v) is 10.9. The van der Waals surface area contributed by atoms with Crippen LogP contribution >= 0.6 is 0 Å². The van der Waals surface area contributed by atoms with Gasteiger partial charge in [0.05, 0.1) is 0 Å². The second-order valence-corrected chi connectivity index (χ2v) is 5.79. The molecule has 2 heteroatoms. The summed E-state index contributed by atoms with van der Waals surface area (Å²) in [5.41, 5.74) is 0. The monoisotopic (exact) mass is 225 g/mol. The summed E-state index contributed by atoms with van der Waals surface area (Å²) in [4.78, 5) is 0. The molecule has 2 aliphatic carbocycles. The van der Waals surface area contributed by atoms with Crippen LogP contribution in [0.3, 0.4) is 0 Å².